The average Bonchev–Trinajstić information content (AvgIpc) is 2.16. The van der Waals surface area contributed by atoms with Gasteiger partial charge in [0.1, 0.15) is 0 Å². The number of rotatable bonds is 9. The molecule has 0 rings (SSSR count). The van der Waals surface area contributed by atoms with Crippen molar-refractivity contribution in [2.75, 3.05) is 13.1 Å². The van der Waals surface area contributed by atoms with Crippen molar-refractivity contribution < 1.29 is 0 Å². The first-order valence-electron chi connectivity index (χ1n) is 5.49. The molecule has 0 aliphatic heterocycles. The highest BCUT2D eigenvalue weighted by molar-refractivity contribution is 4.74. The lowest BCUT2D eigenvalue weighted by molar-refractivity contribution is 0.588. The van der Waals surface area contributed by atoms with Crippen LogP contribution < -0.4 is 11.1 Å². The van der Waals surface area contributed by atoms with Crippen LogP contribution in [-0.2, 0) is 0 Å². The van der Waals surface area contributed by atoms with E-state index in [-0.39, 0.29) is 0 Å². The summed E-state index contributed by atoms with van der Waals surface area (Å²) in [5, 5.41) is 3.44. The summed E-state index contributed by atoms with van der Waals surface area (Å²) in [7, 11) is 0. The molecule has 0 atom stereocenters. The molecule has 0 aromatic heterocycles. The SMILES string of the molecule is CCCCCNCCCCC=CN. The van der Waals surface area contributed by atoms with Crippen LogP contribution in [0.3, 0.4) is 0 Å². The zero-order chi connectivity index (χ0) is 9.78. The maximum atomic E-state index is 5.23. The van der Waals surface area contributed by atoms with Crippen LogP contribution in [0.4, 0.5) is 0 Å². The molecule has 0 radical (unpaired) electrons. The zero-order valence-electron chi connectivity index (χ0n) is 8.89. The molecule has 78 valence electrons. The van der Waals surface area contributed by atoms with Crippen LogP contribution in [0.1, 0.15) is 45.4 Å². The van der Waals surface area contributed by atoms with Crippen molar-refractivity contribution >= 4 is 0 Å². The van der Waals surface area contributed by atoms with Gasteiger partial charge >= 0.3 is 0 Å². The fraction of sp³-hybridized carbons (Fsp3) is 0.818. The number of nitrogens with one attached hydrogen (secondary N) is 1. The minimum absolute atomic E-state index is 1.12. The molecule has 0 fully saturated rings. The Kier molecular flexibility index (Phi) is 11.1. The van der Waals surface area contributed by atoms with E-state index in [0.29, 0.717) is 0 Å². The Morgan fingerprint density at radius 3 is 2.38 bits per heavy atom. The van der Waals surface area contributed by atoms with Crippen LogP contribution in [0, 0.1) is 0 Å². The van der Waals surface area contributed by atoms with E-state index in [1.165, 1.54) is 38.6 Å². The molecular weight excluding hydrogens is 160 g/mol. The molecular formula is C11H24N2. The molecule has 0 saturated heterocycles. The Morgan fingerprint density at radius 2 is 1.77 bits per heavy atom. The second-order valence-corrected chi connectivity index (χ2v) is 3.38. The third-order valence-corrected chi connectivity index (χ3v) is 2.07. The Labute approximate surface area is 82.6 Å². The summed E-state index contributed by atoms with van der Waals surface area (Å²) in [6.45, 7) is 4.57. The minimum atomic E-state index is 1.12. The van der Waals surface area contributed by atoms with Gasteiger partial charge in [-0.3, -0.25) is 0 Å². The first kappa shape index (κ1) is 12.5. The van der Waals surface area contributed by atoms with Gasteiger partial charge in [-0.25, -0.2) is 0 Å². The molecule has 0 unspecified atom stereocenters. The van der Waals surface area contributed by atoms with Crippen molar-refractivity contribution in [3.8, 4) is 0 Å². The summed E-state index contributed by atoms with van der Waals surface area (Å²) in [5.41, 5.74) is 5.23. The number of hydrogen-bond acceptors (Lipinski definition) is 2. The predicted molar refractivity (Wildman–Crippen MR) is 59.6 cm³/mol. The van der Waals surface area contributed by atoms with Crippen LogP contribution in [-0.4, -0.2) is 13.1 Å². The first-order chi connectivity index (χ1) is 6.41. The van der Waals surface area contributed by atoms with E-state index in [9.17, 15) is 0 Å². The second-order valence-electron chi connectivity index (χ2n) is 3.38. The van der Waals surface area contributed by atoms with E-state index in [1.54, 1.807) is 6.20 Å². The lowest BCUT2D eigenvalue weighted by atomic mass is 10.2. The van der Waals surface area contributed by atoms with Gasteiger partial charge in [0, 0.05) is 0 Å². The van der Waals surface area contributed by atoms with Crippen molar-refractivity contribution in [3.05, 3.63) is 12.3 Å². The molecule has 0 heterocycles. The molecule has 0 aromatic rings. The monoisotopic (exact) mass is 184 g/mol. The average molecular weight is 184 g/mol. The summed E-state index contributed by atoms with van der Waals surface area (Å²) in [6, 6.07) is 0. The van der Waals surface area contributed by atoms with Crippen LogP contribution >= 0.6 is 0 Å². The molecule has 13 heavy (non-hydrogen) atoms. The predicted octanol–water partition coefficient (Wildman–Crippen LogP) is 2.41. The number of unbranched alkanes of at least 4 members (excludes halogenated alkanes) is 4. The number of nitrogens with two attached hydrogens (primary N) is 1. The number of allylic oxidation sites excluding steroid dienone is 1. The van der Waals surface area contributed by atoms with Crippen LogP contribution in [0.15, 0.2) is 12.3 Å². The van der Waals surface area contributed by atoms with Crippen molar-refractivity contribution in [2.45, 2.75) is 45.4 Å². The first-order valence-corrected chi connectivity index (χ1v) is 5.49. The quantitative estimate of drug-likeness (QED) is 0.540. The van der Waals surface area contributed by atoms with Crippen molar-refractivity contribution in [3.63, 3.8) is 0 Å². The summed E-state index contributed by atoms with van der Waals surface area (Å²) in [5.74, 6) is 0. The molecule has 0 saturated carbocycles. The van der Waals surface area contributed by atoms with Crippen LogP contribution in [0.25, 0.3) is 0 Å². The normalized spacial score (nSPS) is 11.2. The van der Waals surface area contributed by atoms with Gasteiger partial charge in [0.15, 0.2) is 0 Å². The van der Waals surface area contributed by atoms with Crippen molar-refractivity contribution in [1.82, 2.24) is 5.32 Å². The standard InChI is InChI=1S/C11H24N2/c1-2-3-7-10-13-11-8-5-4-6-9-12/h6,9,13H,2-5,7-8,10-12H2,1H3. The van der Waals surface area contributed by atoms with E-state index in [1.807, 2.05) is 6.08 Å². The second kappa shape index (κ2) is 11.5. The molecule has 0 aromatic carbocycles. The maximum absolute atomic E-state index is 5.23. The maximum Gasteiger partial charge on any atom is -0.00488 e. The van der Waals surface area contributed by atoms with Crippen molar-refractivity contribution in [2.24, 2.45) is 5.73 Å². The zero-order valence-corrected chi connectivity index (χ0v) is 8.89. The topological polar surface area (TPSA) is 38.0 Å². The molecule has 0 spiro atoms. The third-order valence-electron chi connectivity index (χ3n) is 2.07. The summed E-state index contributed by atoms with van der Waals surface area (Å²) < 4.78 is 0. The van der Waals surface area contributed by atoms with E-state index in [4.69, 9.17) is 5.73 Å². The molecule has 0 amide bonds. The fourth-order valence-electron chi connectivity index (χ4n) is 1.23. The van der Waals surface area contributed by atoms with Crippen molar-refractivity contribution in [1.29, 1.82) is 0 Å². The summed E-state index contributed by atoms with van der Waals surface area (Å²) in [6.07, 6.45) is 11.3. The Balaban J connectivity index is 2.83. The summed E-state index contributed by atoms with van der Waals surface area (Å²) in [4.78, 5) is 0. The lowest BCUT2D eigenvalue weighted by Gasteiger charge is -2.02. The lowest BCUT2D eigenvalue weighted by Crippen LogP contribution is -2.16. The molecule has 2 nitrogen and oxygen atoms in total. The number of hydrogen-bond donors (Lipinski definition) is 2. The van der Waals surface area contributed by atoms with Gasteiger partial charge in [-0.05, 0) is 45.0 Å². The third kappa shape index (κ3) is 11.5. The van der Waals surface area contributed by atoms with E-state index >= 15 is 0 Å². The Morgan fingerprint density at radius 1 is 1.08 bits per heavy atom. The van der Waals surface area contributed by atoms with Gasteiger partial charge in [0.2, 0.25) is 0 Å². The van der Waals surface area contributed by atoms with Gasteiger partial charge in [-0.1, -0.05) is 25.8 Å². The van der Waals surface area contributed by atoms with Gasteiger partial charge in [0.05, 0.1) is 0 Å². The highest BCUT2D eigenvalue weighted by atomic mass is 14.8. The molecule has 0 bridgehead atoms. The van der Waals surface area contributed by atoms with Crippen LogP contribution in [0.5, 0.6) is 0 Å². The highest BCUT2D eigenvalue weighted by Crippen LogP contribution is 1.95. The van der Waals surface area contributed by atoms with Crippen LogP contribution in [0.2, 0.25) is 0 Å². The van der Waals surface area contributed by atoms with E-state index < -0.39 is 0 Å². The molecule has 0 aliphatic carbocycles. The van der Waals surface area contributed by atoms with Gasteiger partial charge in [0.25, 0.3) is 0 Å². The van der Waals surface area contributed by atoms with Gasteiger partial charge in [-0.15, -0.1) is 0 Å². The Hall–Kier alpha value is -0.500. The Bertz CT molecular complexity index is 111. The highest BCUT2D eigenvalue weighted by Gasteiger charge is 1.87. The smallest absolute Gasteiger partial charge is 0.00488 e. The molecule has 2 heteroatoms. The molecule has 3 N–H and O–H groups in total. The van der Waals surface area contributed by atoms with Gasteiger partial charge in [-0.2, -0.15) is 0 Å². The van der Waals surface area contributed by atoms with E-state index in [2.05, 4.69) is 12.2 Å². The molecule has 0 aliphatic rings. The summed E-state index contributed by atoms with van der Waals surface area (Å²) >= 11 is 0. The fourth-order valence-corrected chi connectivity index (χ4v) is 1.23. The van der Waals surface area contributed by atoms with Gasteiger partial charge < -0.3 is 11.1 Å². The minimum Gasteiger partial charge on any atom is -0.405 e. The van der Waals surface area contributed by atoms with E-state index in [0.717, 1.165) is 13.0 Å². The largest absolute Gasteiger partial charge is 0.405 e.